The van der Waals surface area contributed by atoms with Gasteiger partial charge in [-0.25, -0.2) is 0 Å². The Morgan fingerprint density at radius 1 is 1.50 bits per heavy atom. The van der Waals surface area contributed by atoms with Crippen LogP contribution in [-0.2, 0) is 4.79 Å². The predicted molar refractivity (Wildman–Crippen MR) is 54.6 cm³/mol. The highest BCUT2D eigenvalue weighted by Gasteiger charge is 2.09. The lowest BCUT2D eigenvalue weighted by Crippen LogP contribution is -2.00. The number of hydrogen-bond acceptors (Lipinski definition) is 2. The van der Waals surface area contributed by atoms with E-state index in [2.05, 4.69) is 4.98 Å². The lowest BCUT2D eigenvalue weighted by Gasteiger charge is -1.99. The Balaban J connectivity index is 2.61. The highest BCUT2D eigenvalue weighted by Crippen LogP contribution is 2.31. The number of carbonyl (C=O) groups excluding carboxylic acids is 1. The zero-order valence-corrected chi connectivity index (χ0v) is 8.26. The third kappa shape index (κ3) is 1.46. The Morgan fingerprint density at radius 2 is 2.29 bits per heavy atom. The minimum atomic E-state index is -0.356. The maximum atomic E-state index is 10.8. The number of hydrogen-bond donors (Lipinski definition) is 1. The van der Waals surface area contributed by atoms with Crippen LogP contribution in [0.4, 0.5) is 0 Å². The SMILES string of the molecule is CC(=O)Oc1c[nH]c2cccc(Cl)c12. The zero-order chi connectivity index (χ0) is 10.1. The first kappa shape index (κ1) is 9.09. The lowest BCUT2D eigenvalue weighted by atomic mass is 10.2. The van der Waals surface area contributed by atoms with Gasteiger partial charge in [0.25, 0.3) is 0 Å². The predicted octanol–water partition coefficient (Wildman–Crippen LogP) is 2.75. The van der Waals surface area contributed by atoms with Gasteiger partial charge < -0.3 is 9.72 Å². The topological polar surface area (TPSA) is 42.1 Å². The average Bonchev–Trinajstić information content (AvgIpc) is 2.49. The van der Waals surface area contributed by atoms with E-state index in [1.54, 1.807) is 12.3 Å². The second kappa shape index (κ2) is 3.35. The first-order valence-corrected chi connectivity index (χ1v) is 4.50. The molecule has 0 radical (unpaired) electrons. The molecule has 2 rings (SSSR count). The van der Waals surface area contributed by atoms with Crippen molar-refractivity contribution in [1.82, 2.24) is 4.98 Å². The third-order valence-corrected chi connectivity index (χ3v) is 2.19. The summed E-state index contributed by atoms with van der Waals surface area (Å²) in [6.45, 7) is 1.36. The summed E-state index contributed by atoms with van der Waals surface area (Å²) in [4.78, 5) is 13.8. The van der Waals surface area contributed by atoms with Crippen molar-refractivity contribution in [3.05, 3.63) is 29.4 Å². The van der Waals surface area contributed by atoms with E-state index in [1.807, 2.05) is 12.1 Å². The molecule has 0 amide bonds. The van der Waals surface area contributed by atoms with Crippen LogP contribution in [0.25, 0.3) is 10.9 Å². The number of aromatic amines is 1. The summed E-state index contributed by atoms with van der Waals surface area (Å²) < 4.78 is 4.99. The molecule has 0 aliphatic carbocycles. The van der Waals surface area contributed by atoms with Crippen LogP contribution in [0.15, 0.2) is 24.4 Å². The quantitative estimate of drug-likeness (QED) is 0.734. The summed E-state index contributed by atoms with van der Waals surface area (Å²) in [5.74, 6) is 0.115. The van der Waals surface area contributed by atoms with Gasteiger partial charge in [-0.3, -0.25) is 4.79 Å². The van der Waals surface area contributed by atoms with E-state index in [1.165, 1.54) is 6.92 Å². The number of ether oxygens (including phenoxy) is 1. The molecule has 2 aromatic rings. The maximum absolute atomic E-state index is 10.8. The average molecular weight is 210 g/mol. The molecule has 4 heteroatoms. The molecule has 0 bridgehead atoms. The van der Waals surface area contributed by atoms with Crippen molar-refractivity contribution < 1.29 is 9.53 Å². The summed E-state index contributed by atoms with van der Waals surface area (Å²) in [5, 5.41) is 1.31. The van der Waals surface area contributed by atoms with Crippen LogP contribution >= 0.6 is 11.6 Å². The van der Waals surface area contributed by atoms with Crippen LogP contribution in [0.1, 0.15) is 6.92 Å². The van der Waals surface area contributed by atoms with Crippen LogP contribution in [0.2, 0.25) is 5.02 Å². The first-order chi connectivity index (χ1) is 6.68. The summed E-state index contributed by atoms with van der Waals surface area (Å²) >= 11 is 5.98. The molecule has 0 spiro atoms. The van der Waals surface area contributed by atoms with Gasteiger partial charge in [-0.1, -0.05) is 17.7 Å². The normalized spacial score (nSPS) is 10.4. The number of H-pyrrole nitrogens is 1. The molecule has 0 fully saturated rings. The van der Waals surface area contributed by atoms with Gasteiger partial charge in [-0.05, 0) is 12.1 Å². The minimum Gasteiger partial charge on any atom is -0.424 e. The Labute approximate surface area is 85.6 Å². The first-order valence-electron chi connectivity index (χ1n) is 4.12. The number of esters is 1. The van der Waals surface area contributed by atoms with Gasteiger partial charge in [-0.15, -0.1) is 0 Å². The van der Waals surface area contributed by atoms with E-state index in [0.717, 1.165) is 10.9 Å². The molecule has 0 saturated heterocycles. The number of nitrogens with one attached hydrogen (secondary N) is 1. The summed E-state index contributed by atoms with van der Waals surface area (Å²) in [5.41, 5.74) is 0.855. The highest BCUT2D eigenvalue weighted by atomic mass is 35.5. The smallest absolute Gasteiger partial charge is 0.308 e. The Kier molecular flexibility index (Phi) is 2.17. The monoisotopic (exact) mass is 209 g/mol. The van der Waals surface area contributed by atoms with Crippen molar-refractivity contribution in [2.24, 2.45) is 0 Å². The van der Waals surface area contributed by atoms with Gasteiger partial charge in [-0.2, -0.15) is 0 Å². The fraction of sp³-hybridized carbons (Fsp3) is 0.100. The van der Waals surface area contributed by atoms with Crippen molar-refractivity contribution in [3.63, 3.8) is 0 Å². The van der Waals surface area contributed by atoms with Gasteiger partial charge in [0.2, 0.25) is 0 Å². The molecule has 1 N–H and O–H groups in total. The molecule has 0 saturated carbocycles. The van der Waals surface area contributed by atoms with E-state index in [9.17, 15) is 4.79 Å². The number of carbonyl (C=O) groups is 1. The van der Waals surface area contributed by atoms with E-state index in [-0.39, 0.29) is 5.97 Å². The Bertz CT molecular complexity index is 490. The van der Waals surface area contributed by atoms with E-state index >= 15 is 0 Å². The number of rotatable bonds is 1. The van der Waals surface area contributed by atoms with Crippen molar-refractivity contribution in [1.29, 1.82) is 0 Å². The van der Waals surface area contributed by atoms with Crippen molar-refractivity contribution in [3.8, 4) is 5.75 Å². The minimum absolute atomic E-state index is 0.356. The van der Waals surface area contributed by atoms with Gasteiger partial charge in [0, 0.05) is 13.1 Å². The third-order valence-electron chi connectivity index (χ3n) is 1.87. The largest absolute Gasteiger partial charge is 0.424 e. The molecule has 0 aliphatic heterocycles. The standard InChI is InChI=1S/C10H8ClNO2/c1-6(13)14-9-5-12-8-4-2-3-7(11)10(8)9/h2-5,12H,1H3. The second-order valence-electron chi connectivity index (χ2n) is 2.91. The van der Waals surface area contributed by atoms with Gasteiger partial charge in [0.1, 0.15) is 0 Å². The number of halogens is 1. The number of fused-ring (bicyclic) bond motifs is 1. The van der Waals surface area contributed by atoms with Gasteiger partial charge in [0.15, 0.2) is 5.75 Å². The van der Waals surface area contributed by atoms with Crippen LogP contribution in [0.3, 0.4) is 0 Å². The zero-order valence-electron chi connectivity index (χ0n) is 7.50. The Hall–Kier alpha value is -1.48. The fourth-order valence-corrected chi connectivity index (χ4v) is 1.61. The van der Waals surface area contributed by atoms with Gasteiger partial charge >= 0.3 is 5.97 Å². The summed E-state index contributed by atoms with van der Waals surface area (Å²) in [6.07, 6.45) is 1.62. The number of benzene rings is 1. The molecule has 1 aromatic carbocycles. The lowest BCUT2D eigenvalue weighted by molar-refractivity contribution is -0.131. The van der Waals surface area contributed by atoms with Crippen LogP contribution in [-0.4, -0.2) is 11.0 Å². The second-order valence-corrected chi connectivity index (χ2v) is 3.32. The summed E-state index contributed by atoms with van der Waals surface area (Å²) in [7, 11) is 0. The molecule has 0 atom stereocenters. The van der Waals surface area contributed by atoms with Crippen LogP contribution in [0, 0.1) is 0 Å². The van der Waals surface area contributed by atoms with Crippen molar-refractivity contribution in [2.45, 2.75) is 6.92 Å². The van der Waals surface area contributed by atoms with Crippen molar-refractivity contribution in [2.75, 3.05) is 0 Å². The Morgan fingerprint density at radius 3 is 3.00 bits per heavy atom. The number of aromatic nitrogens is 1. The van der Waals surface area contributed by atoms with E-state index in [4.69, 9.17) is 16.3 Å². The molecule has 14 heavy (non-hydrogen) atoms. The van der Waals surface area contributed by atoms with Crippen LogP contribution < -0.4 is 4.74 Å². The van der Waals surface area contributed by atoms with Gasteiger partial charge in [0.05, 0.1) is 15.9 Å². The van der Waals surface area contributed by atoms with E-state index in [0.29, 0.717) is 10.8 Å². The molecule has 0 unspecified atom stereocenters. The molecule has 0 aliphatic rings. The van der Waals surface area contributed by atoms with Crippen LogP contribution in [0.5, 0.6) is 5.75 Å². The molecule has 1 aromatic heterocycles. The molecule has 72 valence electrons. The van der Waals surface area contributed by atoms with Crippen molar-refractivity contribution >= 4 is 28.5 Å². The molecular weight excluding hydrogens is 202 g/mol. The molecule has 1 heterocycles. The van der Waals surface area contributed by atoms with E-state index < -0.39 is 0 Å². The summed E-state index contributed by atoms with van der Waals surface area (Å²) in [6, 6.07) is 5.46. The maximum Gasteiger partial charge on any atom is 0.308 e. The fourth-order valence-electron chi connectivity index (χ4n) is 1.35. The molecular formula is C10H8ClNO2. The molecule has 3 nitrogen and oxygen atoms in total. The highest BCUT2D eigenvalue weighted by molar-refractivity contribution is 6.36.